The van der Waals surface area contributed by atoms with Crippen molar-refractivity contribution < 1.29 is 9.53 Å². The highest BCUT2D eigenvalue weighted by Crippen LogP contribution is 2.22. The van der Waals surface area contributed by atoms with Crippen molar-refractivity contribution >= 4 is 28.2 Å². The van der Waals surface area contributed by atoms with Crippen LogP contribution < -0.4 is 15.5 Å². The smallest absolute Gasteiger partial charge is 0.411 e. The first-order chi connectivity index (χ1) is 11.7. The highest BCUT2D eigenvalue weighted by Gasteiger charge is 2.20. The van der Waals surface area contributed by atoms with E-state index < -0.39 is 6.09 Å². The first-order valence-corrected chi connectivity index (χ1v) is 8.94. The Balaban J connectivity index is 1.42. The molecule has 1 amide bonds. The summed E-state index contributed by atoms with van der Waals surface area (Å²) >= 11 is 1.70. The molecule has 0 bridgehead atoms. The van der Waals surface area contributed by atoms with Gasteiger partial charge < -0.3 is 15.0 Å². The van der Waals surface area contributed by atoms with Crippen LogP contribution in [0.5, 0.6) is 0 Å². The van der Waals surface area contributed by atoms with Crippen molar-refractivity contribution in [1.29, 1.82) is 0 Å². The van der Waals surface area contributed by atoms with Crippen LogP contribution in [-0.2, 0) is 11.3 Å². The Hall–Kier alpha value is -2.12. The van der Waals surface area contributed by atoms with Gasteiger partial charge in [-0.2, -0.15) is 0 Å². The molecule has 0 spiro atoms. The molecular formula is C17H22N4O2S. The first-order valence-electron chi connectivity index (χ1n) is 8.06. The van der Waals surface area contributed by atoms with Crippen LogP contribution in [0.3, 0.4) is 0 Å². The fourth-order valence-electron chi connectivity index (χ4n) is 2.78. The summed E-state index contributed by atoms with van der Waals surface area (Å²) in [5.41, 5.74) is 1.94. The molecule has 1 aromatic carbocycles. The monoisotopic (exact) mass is 346 g/mol. The molecule has 1 fully saturated rings. The first kappa shape index (κ1) is 16.7. The number of nitrogens with zero attached hydrogens (tertiary/aromatic N) is 2. The number of ether oxygens (including phenoxy) is 1. The molecule has 3 rings (SSSR count). The summed E-state index contributed by atoms with van der Waals surface area (Å²) in [6, 6.07) is 8.35. The quantitative estimate of drug-likeness (QED) is 0.871. The average molecular weight is 346 g/mol. The molecule has 128 valence electrons. The van der Waals surface area contributed by atoms with Crippen molar-refractivity contribution in [2.45, 2.75) is 25.4 Å². The number of anilines is 2. The molecule has 0 saturated carbocycles. The van der Waals surface area contributed by atoms with Crippen LogP contribution in [0.4, 0.5) is 15.6 Å². The Labute approximate surface area is 145 Å². The SMILES string of the molecule is COC(=O)Nc1ccc(CNC2CCN(c3nccs3)CC2)cc1. The number of aromatic nitrogens is 1. The number of hydrogen-bond acceptors (Lipinski definition) is 6. The molecule has 1 aliphatic rings. The van der Waals surface area contributed by atoms with E-state index >= 15 is 0 Å². The van der Waals surface area contributed by atoms with Crippen molar-refractivity contribution in [3.05, 3.63) is 41.4 Å². The summed E-state index contributed by atoms with van der Waals surface area (Å²) in [6.07, 6.45) is 3.67. The predicted molar refractivity (Wildman–Crippen MR) is 96.7 cm³/mol. The molecule has 6 nitrogen and oxygen atoms in total. The van der Waals surface area contributed by atoms with E-state index in [9.17, 15) is 4.79 Å². The lowest BCUT2D eigenvalue weighted by atomic mass is 10.0. The number of benzene rings is 1. The van der Waals surface area contributed by atoms with Gasteiger partial charge in [0.15, 0.2) is 5.13 Å². The number of nitrogens with one attached hydrogen (secondary N) is 2. The molecule has 24 heavy (non-hydrogen) atoms. The predicted octanol–water partition coefficient (Wildman–Crippen LogP) is 3.08. The molecule has 7 heteroatoms. The van der Waals surface area contributed by atoms with Gasteiger partial charge >= 0.3 is 6.09 Å². The van der Waals surface area contributed by atoms with E-state index in [-0.39, 0.29) is 0 Å². The maximum atomic E-state index is 11.2. The molecule has 1 aliphatic heterocycles. The fourth-order valence-corrected chi connectivity index (χ4v) is 3.48. The lowest BCUT2D eigenvalue weighted by molar-refractivity contribution is 0.187. The highest BCUT2D eigenvalue weighted by molar-refractivity contribution is 7.13. The van der Waals surface area contributed by atoms with Crippen LogP contribution in [-0.4, -0.2) is 37.3 Å². The van der Waals surface area contributed by atoms with Crippen molar-refractivity contribution in [1.82, 2.24) is 10.3 Å². The average Bonchev–Trinajstić information content (AvgIpc) is 3.16. The third-order valence-electron chi connectivity index (χ3n) is 4.17. The summed E-state index contributed by atoms with van der Waals surface area (Å²) < 4.78 is 4.58. The van der Waals surface area contributed by atoms with Crippen molar-refractivity contribution in [2.75, 3.05) is 30.4 Å². The molecule has 0 radical (unpaired) electrons. The number of thiazole rings is 1. The van der Waals surface area contributed by atoms with Gasteiger partial charge in [-0.1, -0.05) is 12.1 Å². The zero-order valence-corrected chi connectivity index (χ0v) is 14.5. The lowest BCUT2D eigenvalue weighted by Crippen LogP contribution is -2.42. The van der Waals surface area contributed by atoms with E-state index in [4.69, 9.17) is 0 Å². The summed E-state index contributed by atoms with van der Waals surface area (Å²) in [4.78, 5) is 17.9. The third-order valence-corrected chi connectivity index (χ3v) is 5.00. The number of methoxy groups -OCH3 is 1. The largest absolute Gasteiger partial charge is 0.453 e. The minimum atomic E-state index is -0.451. The molecule has 2 N–H and O–H groups in total. The Bertz CT molecular complexity index is 637. The molecule has 2 aromatic rings. The van der Waals surface area contributed by atoms with Crippen LogP contribution in [0.2, 0.25) is 0 Å². The second kappa shape index (κ2) is 8.12. The number of piperidine rings is 1. The van der Waals surface area contributed by atoms with E-state index in [1.807, 2.05) is 35.8 Å². The van der Waals surface area contributed by atoms with E-state index in [0.29, 0.717) is 6.04 Å². The topological polar surface area (TPSA) is 66.5 Å². The van der Waals surface area contributed by atoms with Crippen molar-refractivity contribution in [3.63, 3.8) is 0 Å². The van der Waals surface area contributed by atoms with Gasteiger partial charge in [0.1, 0.15) is 0 Å². The number of rotatable bonds is 5. The van der Waals surface area contributed by atoms with Gasteiger partial charge in [-0.3, -0.25) is 5.32 Å². The second-order valence-electron chi connectivity index (χ2n) is 5.77. The number of carbonyl (C=O) groups is 1. The fraction of sp³-hybridized carbons (Fsp3) is 0.412. The van der Waals surface area contributed by atoms with Gasteiger partial charge in [-0.05, 0) is 30.5 Å². The minimum absolute atomic E-state index is 0.451. The van der Waals surface area contributed by atoms with E-state index in [0.717, 1.165) is 43.3 Å². The molecule has 1 saturated heterocycles. The summed E-state index contributed by atoms with van der Waals surface area (Å²) in [7, 11) is 1.35. The van der Waals surface area contributed by atoms with Crippen molar-refractivity contribution in [3.8, 4) is 0 Å². The van der Waals surface area contributed by atoms with Gasteiger partial charge in [0.05, 0.1) is 7.11 Å². The van der Waals surface area contributed by atoms with Crippen LogP contribution in [0.25, 0.3) is 0 Å². The standard InChI is InChI=1S/C17H22N4O2S/c1-23-17(22)20-15-4-2-13(3-5-15)12-19-14-6-9-21(10-7-14)16-18-8-11-24-16/h2-5,8,11,14,19H,6-7,9-10,12H2,1H3,(H,20,22). The number of hydrogen-bond donors (Lipinski definition) is 2. The number of carbonyl (C=O) groups excluding carboxylic acids is 1. The summed E-state index contributed by atoms with van der Waals surface area (Å²) in [6.45, 7) is 2.93. The maximum Gasteiger partial charge on any atom is 0.411 e. The van der Waals surface area contributed by atoms with Crippen molar-refractivity contribution in [2.24, 2.45) is 0 Å². The third kappa shape index (κ3) is 4.46. The van der Waals surface area contributed by atoms with Crippen LogP contribution in [0, 0.1) is 0 Å². The molecule has 0 unspecified atom stereocenters. The number of amides is 1. The maximum absolute atomic E-state index is 11.2. The normalized spacial score (nSPS) is 15.3. The molecular weight excluding hydrogens is 324 g/mol. The summed E-state index contributed by atoms with van der Waals surface area (Å²) in [5.74, 6) is 0. The van der Waals surface area contributed by atoms with Gasteiger partial charge in [-0.25, -0.2) is 9.78 Å². The summed E-state index contributed by atoms with van der Waals surface area (Å²) in [5, 5.41) is 9.42. The molecule has 0 atom stereocenters. The van der Waals surface area contributed by atoms with Gasteiger partial charge in [0.2, 0.25) is 0 Å². The van der Waals surface area contributed by atoms with Gasteiger partial charge in [-0.15, -0.1) is 11.3 Å². The van der Waals surface area contributed by atoms with Gasteiger partial charge in [0, 0.05) is 42.9 Å². The molecule has 2 heterocycles. The Morgan fingerprint density at radius 3 is 2.71 bits per heavy atom. The van der Waals surface area contributed by atoms with Crippen LogP contribution in [0.15, 0.2) is 35.8 Å². The highest BCUT2D eigenvalue weighted by atomic mass is 32.1. The van der Waals surface area contributed by atoms with E-state index in [1.54, 1.807) is 11.3 Å². The van der Waals surface area contributed by atoms with Gasteiger partial charge in [0.25, 0.3) is 0 Å². The molecule has 1 aromatic heterocycles. The van der Waals surface area contributed by atoms with E-state index in [2.05, 4.69) is 25.3 Å². The Kier molecular flexibility index (Phi) is 5.66. The van der Waals surface area contributed by atoms with E-state index in [1.165, 1.54) is 12.7 Å². The molecule has 0 aliphatic carbocycles. The minimum Gasteiger partial charge on any atom is -0.453 e. The zero-order valence-electron chi connectivity index (χ0n) is 13.7. The Morgan fingerprint density at radius 1 is 1.33 bits per heavy atom. The van der Waals surface area contributed by atoms with Crippen LogP contribution in [0.1, 0.15) is 18.4 Å². The zero-order chi connectivity index (χ0) is 16.8. The Morgan fingerprint density at radius 2 is 2.08 bits per heavy atom. The second-order valence-corrected chi connectivity index (χ2v) is 6.64. The lowest BCUT2D eigenvalue weighted by Gasteiger charge is -2.32. The van der Waals surface area contributed by atoms with Crippen LogP contribution >= 0.6 is 11.3 Å².